The van der Waals surface area contributed by atoms with Crippen molar-refractivity contribution in [2.75, 3.05) is 6.61 Å². The predicted molar refractivity (Wildman–Crippen MR) is 73.0 cm³/mol. The van der Waals surface area contributed by atoms with Gasteiger partial charge >= 0.3 is 11.9 Å². The molecule has 19 heavy (non-hydrogen) atoms. The van der Waals surface area contributed by atoms with E-state index in [0.29, 0.717) is 5.02 Å². The molecule has 0 amide bonds. The van der Waals surface area contributed by atoms with Crippen LogP contribution in [0.4, 0.5) is 0 Å². The van der Waals surface area contributed by atoms with Crippen molar-refractivity contribution < 1.29 is 19.1 Å². The first-order valence-electron chi connectivity index (χ1n) is 5.45. The van der Waals surface area contributed by atoms with Crippen LogP contribution in [0.25, 0.3) is 0 Å². The SMILES string of the molecule is CCOC(=O)CCC(=O)Oc1c(Cl)cc(Cl)cc1Cl. The van der Waals surface area contributed by atoms with Crippen LogP contribution in [0.1, 0.15) is 19.8 Å². The third kappa shape index (κ3) is 5.27. The van der Waals surface area contributed by atoms with Gasteiger partial charge in [-0.15, -0.1) is 0 Å². The molecule has 104 valence electrons. The van der Waals surface area contributed by atoms with Gasteiger partial charge in [0, 0.05) is 5.02 Å². The van der Waals surface area contributed by atoms with Gasteiger partial charge in [0.2, 0.25) is 0 Å². The number of hydrogen-bond acceptors (Lipinski definition) is 4. The molecule has 0 unspecified atom stereocenters. The Balaban J connectivity index is 2.60. The fraction of sp³-hybridized carbons (Fsp3) is 0.333. The van der Waals surface area contributed by atoms with E-state index >= 15 is 0 Å². The van der Waals surface area contributed by atoms with Gasteiger partial charge < -0.3 is 9.47 Å². The Morgan fingerprint density at radius 3 is 2.11 bits per heavy atom. The summed E-state index contributed by atoms with van der Waals surface area (Å²) >= 11 is 17.4. The maximum Gasteiger partial charge on any atom is 0.311 e. The molecule has 0 saturated heterocycles. The third-order valence-corrected chi connectivity index (χ3v) is 2.80. The summed E-state index contributed by atoms with van der Waals surface area (Å²) in [5.74, 6) is -1.06. The average molecular weight is 326 g/mol. The second kappa shape index (κ2) is 7.58. The van der Waals surface area contributed by atoms with Crippen molar-refractivity contribution in [2.24, 2.45) is 0 Å². The minimum Gasteiger partial charge on any atom is -0.466 e. The van der Waals surface area contributed by atoms with Crippen molar-refractivity contribution in [3.05, 3.63) is 27.2 Å². The molecule has 0 fully saturated rings. The lowest BCUT2D eigenvalue weighted by Gasteiger charge is -2.08. The van der Waals surface area contributed by atoms with Gasteiger partial charge in [-0.1, -0.05) is 34.8 Å². The fourth-order valence-corrected chi connectivity index (χ4v) is 2.12. The Bertz CT molecular complexity index is 465. The molecule has 7 heteroatoms. The standard InChI is InChI=1S/C12H11Cl3O4/c1-2-18-10(16)3-4-11(17)19-12-8(14)5-7(13)6-9(12)15/h5-6H,2-4H2,1H3. The molecule has 0 radical (unpaired) electrons. The zero-order chi connectivity index (χ0) is 14.4. The van der Waals surface area contributed by atoms with Crippen LogP contribution < -0.4 is 4.74 Å². The van der Waals surface area contributed by atoms with Crippen molar-refractivity contribution in [1.82, 2.24) is 0 Å². The van der Waals surface area contributed by atoms with Gasteiger partial charge in [-0.05, 0) is 19.1 Å². The summed E-state index contributed by atoms with van der Waals surface area (Å²) < 4.78 is 9.68. The number of halogens is 3. The van der Waals surface area contributed by atoms with Crippen LogP contribution in [0.2, 0.25) is 15.1 Å². The number of carbonyl (C=O) groups excluding carboxylic acids is 2. The second-order valence-electron chi connectivity index (χ2n) is 3.48. The highest BCUT2D eigenvalue weighted by molar-refractivity contribution is 6.40. The highest BCUT2D eigenvalue weighted by Crippen LogP contribution is 2.36. The summed E-state index contributed by atoms with van der Waals surface area (Å²) in [6.07, 6.45) is -0.177. The third-order valence-electron chi connectivity index (χ3n) is 2.02. The van der Waals surface area contributed by atoms with Gasteiger partial charge in [-0.25, -0.2) is 0 Å². The second-order valence-corrected chi connectivity index (χ2v) is 4.73. The zero-order valence-electron chi connectivity index (χ0n) is 10.0. The first-order chi connectivity index (χ1) is 8.93. The Morgan fingerprint density at radius 2 is 1.58 bits per heavy atom. The van der Waals surface area contributed by atoms with E-state index in [-0.39, 0.29) is 35.2 Å². The lowest BCUT2D eigenvalue weighted by atomic mass is 10.3. The molecule has 0 aromatic heterocycles. The summed E-state index contributed by atoms with van der Waals surface area (Å²) in [6.45, 7) is 1.95. The van der Waals surface area contributed by atoms with Crippen LogP contribution in [0.3, 0.4) is 0 Å². The molecule has 0 heterocycles. The number of carbonyl (C=O) groups is 2. The summed E-state index contributed by atoms with van der Waals surface area (Å²) in [7, 11) is 0. The average Bonchev–Trinajstić information content (AvgIpc) is 2.31. The molecule has 1 rings (SSSR count). The summed E-state index contributed by atoms with van der Waals surface area (Å²) in [6, 6.07) is 2.81. The molecule has 4 nitrogen and oxygen atoms in total. The highest BCUT2D eigenvalue weighted by Gasteiger charge is 2.15. The van der Waals surface area contributed by atoms with Gasteiger partial charge in [0.25, 0.3) is 0 Å². The van der Waals surface area contributed by atoms with Crippen LogP contribution in [0.5, 0.6) is 5.75 Å². The van der Waals surface area contributed by atoms with E-state index in [0.717, 1.165) is 0 Å². The van der Waals surface area contributed by atoms with E-state index in [4.69, 9.17) is 39.5 Å². The monoisotopic (exact) mass is 324 g/mol. The van der Waals surface area contributed by atoms with Crippen LogP contribution in [0, 0.1) is 0 Å². The van der Waals surface area contributed by atoms with Gasteiger partial charge in [-0.2, -0.15) is 0 Å². The van der Waals surface area contributed by atoms with E-state index in [2.05, 4.69) is 4.74 Å². The summed E-state index contributed by atoms with van der Waals surface area (Å²) in [5, 5.41) is 0.588. The molecule has 0 aliphatic carbocycles. The Morgan fingerprint density at radius 1 is 1.05 bits per heavy atom. The van der Waals surface area contributed by atoms with Gasteiger partial charge in [0.15, 0.2) is 5.75 Å². The van der Waals surface area contributed by atoms with Crippen LogP contribution in [-0.4, -0.2) is 18.5 Å². The summed E-state index contributed by atoms with van der Waals surface area (Å²) in [4.78, 5) is 22.6. The van der Waals surface area contributed by atoms with E-state index in [1.807, 2.05) is 0 Å². The fourth-order valence-electron chi connectivity index (χ4n) is 1.23. The van der Waals surface area contributed by atoms with E-state index in [1.54, 1.807) is 6.92 Å². The largest absolute Gasteiger partial charge is 0.466 e. The van der Waals surface area contributed by atoms with Crippen molar-refractivity contribution in [1.29, 1.82) is 0 Å². The number of rotatable bonds is 5. The molecule has 0 aliphatic rings. The number of ether oxygens (including phenoxy) is 2. The Kier molecular flexibility index (Phi) is 6.42. The topological polar surface area (TPSA) is 52.6 Å². The molecule has 1 aromatic rings. The minimum atomic E-state index is -0.626. The molecule has 0 aliphatic heterocycles. The molecule has 0 atom stereocenters. The van der Waals surface area contributed by atoms with Gasteiger partial charge in [0.1, 0.15) is 0 Å². The smallest absolute Gasteiger partial charge is 0.311 e. The number of hydrogen-bond donors (Lipinski definition) is 0. The van der Waals surface area contributed by atoms with Crippen molar-refractivity contribution in [2.45, 2.75) is 19.8 Å². The normalized spacial score (nSPS) is 10.1. The first kappa shape index (κ1) is 16.1. The number of esters is 2. The molecule has 1 aromatic carbocycles. The molecule has 0 spiro atoms. The number of benzene rings is 1. The van der Waals surface area contributed by atoms with E-state index in [9.17, 15) is 9.59 Å². The lowest BCUT2D eigenvalue weighted by molar-refractivity contribution is -0.146. The molecule has 0 bridgehead atoms. The van der Waals surface area contributed by atoms with Crippen LogP contribution >= 0.6 is 34.8 Å². The van der Waals surface area contributed by atoms with E-state index in [1.165, 1.54) is 12.1 Å². The zero-order valence-corrected chi connectivity index (χ0v) is 12.3. The van der Waals surface area contributed by atoms with Crippen molar-refractivity contribution in [3.63, 3.8) is 0 Å². The van der Waals surface area contributed by atoms with E-state index < -0.39 is 11.9 Å². The first-order valence-corrected chi connectivity index (χ1v) is 6.58. The Hall–Kier alpha value is -0.970. The van der Waals surface area contributed by atoms with Crippen molar-refractivity contribution >= 4 is 46.7 Å². The predicted octanol–water partition coefficient (Wildman–Crippen LogP) is 3.90. The summed E-state index contributed by atoms with van der Waals surface area (Å²) in [5.41, 5.74) is 0. The van der Waals surface area contributed by atoms with Crippen molar-refractivity contribution in [3.8, 4) is 5.75 Å². The Labute approximate surface area is 125 Å². The lowest BCUT2D eigenvalue weighted by Crippen LogP contribution is -2.12. The maximum atomic E-state index is 11.5. The van der Waals surface area contributed by atoms with Crippen LogP contribution in [-0.2, 0) is 14.3 Å². The maximum absolute atomic E-state index is 11.5. The van der Waals surface area contributed by atoms with Gasteiger partial charge in [0.05, 0.1) is 29.5 Å². The quantitative estimate of drug-likeness (QED) is 0.608. The van der Waals surface area contributed by atoms with Crippen LogP contribution in [0.15, 0.2) is 12.1 Å². The highest BCUT2D eigenvalue weighted by atomic mass is 35.5. The molecular weight excluding hydrogens is 314 g/mol. The minimum absolute atomic E-state index is 0.0293. The molecule has 0 N–H and O–H groups in total. The molecular formula is C12H11Cl3O4. The molecule has 0 saturated carbocycles. The van der Waals surface area contributed by atoms with Gasteiger partial charge in [-0.3, -0.25) is 9.59 Å².